The van der Waals surface area contributed by atoms with Crippen LogP contribution in [0.2, 0.25) is 5.02 Å². The van der Waals surface area contributed by atoms with Gasteiger partial charge in [0.25, 0.3) is 11.5 Å². The molecule has 1 heterocycles. The zero-order valence-electron chi connectivity index (χ0n) is 17.8. The summed E-state index contributed by atoms with van der Waals surface area (Å²) in [5.41, 5.74) is 0.0457. The van der Waals surface area contributed by atoms with Crippen molar-refractivity contribution in [3.8, 4) is 5.69 Å². The number of aromatic nitrogens is 3. The molecule has 0 spiro atoms. The zero-order valence-corrected chi connectivity index (χ0v) is 18.6. The van der Waals surface area contributed by atoms with Gasteiger partial charge < -0.3 is 5.32 Å². The fourth-order valence-corrected chi connectivity index (χ4v) is 3.62. The maximum absolute atomic E-state index is 13.2. The summed E-state index contributed by atoms with van der Waals surface area (Å²) < 4.78 is 2.03. The minimum atomic E-state index is -0.787. The second-order valence-electron chi connectivity index (χ2n) is 7.47. The van der Waals surface area contributed by atoms with Crippen molar-refractivity contribution in [2.75, 3.05) is 0 Å². The van der Waals surface area contributed by atoms with Crippen LogP contribution in [0.25, 0.3) is 5.69 Å². The number of nitrogens with zero attached hydrogens (tertiary/aromatic N) is 3. The maximum atomic E-state index is 13.2. The molecule has 0 radical (unpaired) electrons. The van der Waals surface area contributed by atoms with E-state index in [1.807, 2.05) is 37.3 Å². The Hall–Kier alpha value is -3.97. The number of para-hydroxylation sites is 1. The van der Waals surface area contributed by atoms with Crippen LogP contribution in [0.4, 0.5) is 0 Å². The van der Waals surface area contributed by atoms with Crippen LogP contribution in [-0.2, 0) is 6.54 Å². The molecule has 1 amide bonds. The third-order valence-electron chi connectivity index (χ3n) is 5.21. The van der Waals surface area contributed by atoms with Crippen molar-refractivity contribution in [1.82, 2.24) is 19.7 Å². The van der Waals surface area contributed by atoms with Crippen LogP contribution in [0.15, 0.2) is 94.5 Å². The fraction of sp³-hybridized carbons (Fsp3) is 0.120. The third-order valence-corrected chi connectivity index (χ3v) is 5.58. The molecule has 0 bridgehead atoms. The van der Waals surface area contributed by atoms with Gasteiger partial charge in [-0.15, -0.1) is 0 Å². The predicted octanol–water partition coefficient (Wildman–Crippen LogP) is 3.59. The first-order chi connectivity index (χ1) is 16.0. The molecule has 3 aromatic carbocycles. The van der Waals surface area contributed by atoms with Gasteiger partial charge in [-0.2, -0.15) is 9.78 Å². The molecule has 0 aliphatic carbocycles. The molecule has 0 saturated carbocycles. The Balaban J connectivity index is 1.81. The molecule has 7 nitrogen and oxygen atoms in total. The number of hydrogen-bond donors (Lipinski definition) is 1. The van der Waals surface area contributed by atoms with Crippen LogP contribution in [0.1, 0.15) is 34.6 Å². The number of benzene rings is 3. The van der Waals surface area contributed by atoms with Crippen molar-refractivity contribution >= 4 is 17.5 Å². The molecular formula is C25H21ClN4O3. The van der Waals surface area contributed by atoms with E-state index in [4.69, 9.17) is 11.6 Å². The second-order valence-corrected chi connectivity index (χ2v) is 7.87. The van der Waals surface area contributed by atoms with Crippen LogP contribution in [-0.4, -0.2) is 20.3 Å². The van der Waals surface area contributed by atoms with Gasteiger partial charge in [0.15, 0.2) is 0 Å². The van der Waals surface area contributed by atoms with Crippen LogP contribution in [0.3, 0.4) is 0 Å². The van der Waals surface area contributed by atoms with Crippen molar-refractivity contribution < 1.29 is 4.79 Å². The first kappa shape index (κ1) is 22.2. The van der Waals surface area contributed by atoms with Gasteiger partial charge in [-0.05, 0) is 36.2 Å². The highest BCUT2D eigenvalue weighted by Crippen LogP contribution is 2.15. The van der Waals surface area contributed by atoms with E-state index in [1.165, 1.54) is 0 Å². The van der Waals surface area contributed by atoms with Crippen LogP contribution < -0.4 is 16.6 Å². The van der Waals surface area contributed by atoms with E-state index in [0.717, 1.165) is 14.8 Å². The zero-order chi connectivity index (χ0) is 23.4. The Kier molecular flexibility index (Phi) is 6.51. The molecule has 166 valence electrons. The fourth-order valence-electron chi connectivity index (χ4n) is 3.42. The minimum Gasteiger partial charge on any atom is -0.344 e. The normalized spacial score (nSPS) is 11.7. The van der Waals surface area contributed by atoms with Gasteiger partial charge in [0.2, 0.25) is 5.69 Å². The molecule has 0 saturated heterocycles. The number of hydrogen-bond acceptors (Lipinski definition) is 4. The monoisotopic (exact) mass is 460 g/mol. The molecule has 1 atom stereocenters. The SMILES string of the molecule is CC(NC(=O)c1nn(-c2ccccc2)c(=O)n(Cc2ccccc2Cl)c1=O)c1ccccc1. The van der Waals surface area contributed by atoms with E-state index in [1.54, 1.807) is 54.6 Å². The van der Waals surface area contributed by atoms with Crippen molar-refractivity contribution in [1.29, 1.82) is 0 Å². The summed E-state index contributed by atoms with van der Waals surface area (Å²) in [6.07, 6.45) is 0. The Labute approximate surface area is 194 Å². The predicted molar refractivity (Wildman–Crippen MR) is 127 cm³/mol. The summed E-state index contributed by atoms with van der Waals surface area (Å²) in [6.45, 7) is 1.71. The summed E-state index contributed by atoms with van der Waals surface area (Å²) in [6, 6.07) is 24.5. The van der Waals surface area contributed by atoms with Crippen LogP contribution in [0.5, 0.6) is 0 Å². The molecular weight excluding hydrogens is 440 g/mol. The first-order valence-corrected chi connectivity index (χ1v) is 10.7. The molecule has 0 aliphatic heterocycles. The van der Waals surface area contributed by atoms with Gasteiger partial charge in [-0.1, -0.05) is 78.3 Å². The summed E-state index contributed by atoms with van der Waals surface area (Å²) >= 11 is 6.26. The van der Waals surface area contributed by atoms with Gasteiger partial charge in [0.05, 0.1) is 18.3 Å². The number of rotatable bonds is 6. The molecule has 4 aromatic rings. The molecule has 0 aliphatic rings. The summed E-state index contributed by atoms with van der Waals surface area (Å²) in [5, 5.41) is 7.35. The minimum absolute atomic E-state index is 0.0960. The van der Waals surface area contributed by atoms with Gasteiger partial charge in [-0.3, -0.25) is 14.2 Å². The highest BCUT2D eigenvalue weighted by molar-refractivity contribution is 6.31. The van der Waals surface area contributed by atoms with Crippen LogP contribution in [0, 0.1) is 0 Å². The lowest BCUT2D eigenvalue weighted by molar-refractivity contribution is 0.0930. The molecule has 33 heavy (non-hydrogen) atoms. The van der Waals surface area contributed by atoms with E-state index in [2.05, 4.69) is 10.4 Å². The van der Waals surface area contributed by atoms with E-state index in [0.29, 0.717) is 16.3 Å². The van der Waals surface area contributed by atoms with Gasteiger partial charge in [0.1, 0.15) is 0 Å². The summed E-state index contributed by atoms with van der Waals surface area (Å²) in [4.78, 5) is 39.5. The number of carbonyl (C=O) groups is 1. The van der Waals surface area contributed by atoms with Crippen molar-refractivity contribution in [2.24, 2.45) is 0 Å². The molecule has 8 heteroatoms. The first-order valence-electron chi connectivity index (χ1n) is 10.3. The number of halogens is 1. The van der Waals surface area contributed by atoms with Crippen molar-refractivity contribution in [3.63, 3.8) is 0 Å². The Morgan fingerprint density at radius 1 is 0.939 bits per heavy atom. The van der Waals surface area contributed by atoms with Crippen molar-refractivity contribution in [2.45, 2.75) is 19.5 Å². The van der Waals surface area contributed by atoms with Gasteiger partial charge in [-0.25, -0.2) is 4.79 Å². The topological polar surface area (TPSA) is 86.0 Å². The quantitative estimate of drug-likeness (QED) is 0.476. The highest BCUT2D eigenvalue weighted by Gasteiger charge is 2.22. The molecule has 1 unspecified atom stereocenters. The highest BCUT2D eigenvalue weighted by atomic mass is 35.5. The van der Waals surface area contributed by atoms with Gasteiger partial charge >= 0.3 is 5.69 Å². The molecule has 0 fully saturated rings. The Morgan fingerprint density at radius 2 is 1.55 bits per heavy atom. The number of nitrogens with one attached hydrogen (secondary N) is 1. The van der Waals surface area contributed by atoms with E-state index >= 15 is 0 Å². The van der Waals surface area contributed by atoms with E-state index in [-0.39, 0.29) is 18.3 Å². The van der Waals surface area contributed by atoms with Gasteiger partial charge in [0, 0.05) is 5.02 Å². The van der Waals surface area contributed by atoms with E-state index in [9.17, 15) is 14.4 Å². The molecule has 4 rings (SSSR count). The lowest BCUT2D eigenvalue weighted by Crippen LogP contribution is -2.46. The van der Waals surface area contributed by atoms with Crippen LogP contribution >= 0.6 is 11.6 Å². The third kappa shape index (κ3) is 4.78. The average molecular weight is 461 g/mol. The largest absolute Gasteiger partial charge is 0.352 e. The summed E-state index contributed by atoms with van der Waals surface area (Å²) in [7, 11) is 0. The Bertz CT molecular complexity index is 1400. The summed E-state index contributed by atoms with van der Waals surface area (Å²) in [5.74, 6) is -0.672. The maximum Gasteiger partial charge on any atom is 0.352 e. The molecule has 1 aromatic heterocycles. The Morgan fingerprint density at radius 3 is 2.21 bits per heavy atom. The standard InChI is InChI=1S/C25H21ClN4O3/c1-17(18-10-4-2-5-11-18)27-23(31)22-24(32)29(16-19-12-8-9-15-21(19)26)25(33)30(28-22)20-13-6-3-7-14-20/h2-15,17H,16H2,1H3,(H,27,31). The second kappa shape index (κ2) is 9.67. The van der Waals surface area contributed by atoms with E-state index < -0.39 is 17.2 Å². The lowest BCUT2D eigenvalue weighted by Gasteiger charge is -2.16. The van der Waals surface area contributed by atoms with Crippen molar-refractivity contribution in [3.05, 3.63) is 128 Å². The molecule has 1 N–H and O–H groups in total. The lowest BCUT2D eigenvalue weighted by atomic mass is 10.1. The number of carbonyl (C=O) groups excluding carboxylic acids is 1. The smallest absolute Gasteiger partial charge is 0.344 e. The number of amides is 1. The average Bonchev–Trinajstić information content (AvgIpc) is 2.84.